The number of amides is 1. The summed E-state index contributed by atoms with van der Waals surface area (Å²) in [7, 11) is 1.96. The van der Waals surface area contributed by atoms with Crippen molar-refractivity contribution in [3.63, 3.8) is 0 Å². The van der Waals surface area contributed by atoms with Crippen molar-refractivity contribution in [2.75, 3.05) is 5.32 Å². The van der Waals surface area contributed by atoms with Crippen LogP contribution in [0.25, 0.3) is 0 Å². The van der Waals surface area contributed by atoms with Crippen LogP contribution in [-0.2, 0) is 13.6 Å². The van der Waals surface area contributed by atoms with Crippen LogP contribution in [0.2, 0.25) is 5.02 Å². The van der Waals surface area contributed by atoms with Gasteiger partial charge in [-0.15, -0.1) is 0 Å². The number of aryl methyl sites for hydroxylation is 2. The Morgan fingerprint density at radius 3 is 2.55 bits per heavy atom. The van der Waals surface area contributed by atoms with E-state index < -0.39 is 0 Å². The quantitative estimate of drug-likeness (QED) is 0.429. The Morgan fingerprint density at radius 1 is 1.13 bits per heavy atom. The third-order valence-electron chi connectivity index (χ3n) is 4.98. The lowest BCUT2D eigenvalue weighted by Crippen LogP contribution is -2.14. The minimum Gasteiger partial charge on any atom is -0.329 e. The second kappa shape index (κ2) is 8.99. The number of rotatable bonds is 6. The van der Waals surface area contributed by atoms with Crippen molar-refractivity contribution in [2.24, 2.45) is 7.05 Å². The predicted molar refractivity (Wildman–Crippen MR) is 124 cm³/mol. The Hall–Kier alpha value is -3.03. The Bertz CT molecular complexity index is 1230. The number of nitrogens with zero attached hydrogens (tertiary/aromatic N) is 4. The molecule has 4 aromatic rings. The van der Waals surface area contributed by atoms with Crippen LogP contribution in [0.1, 0.15) is 27.3 Å². The van der Waals surface area contributed by atoms with Crippen LogP contribution in [0.5, 0.6) is 0 Å². The van der Waals surface area contributed by atoms with Gasteiger partial charge in [0.1, 0.15) is 0 Å². The van der Waals surface area contributed by atoms with Crippen LogP contribution in [0.4, 0.5) is 5.69 Å². The number of nitrogens with one attached hydrogen (secondary N) is 1. The van der Waals surface area contributed by atoms with Crippen LogP contribution in [0.3, 0.4) is 0 Å². The third kappa shape index (κ3) is 4.68. The van der Waals surface area contributed by atoms with Crippen LogP contribution in [-0.4, -0.2) is 25.2 Å². The first-order valence-corrected chi connectivity index (χ1v) is 11.0. The maximum Gasteiger partial charge on any atom is 0.259 e. The zero-order chi connectivity index (χ0) is 22.0. The molecule has 2 heterocycles. The smallest absolute Gasteiger partial charge is 0.259 e. The van der Waals surface area contributed by atoms with E-state index in [0.29, 0.717) is 22.8 Å². The molecule has 158 valence electrons. The molecule has 0 spiro atoms. The molecule has 2 aromatic carbocycles. The highest BCUT2D eigenvalue weighted by atomic mass is 35.5. The van der Waals surface area contributed by atoms with E-state index >= 15 is 0 Å². The number of anilines is 1. The molecule has 1 N–H and O–H groups in total. The highest BCUT2D eigenvalue weighted by Crippen LogP contribution is 2.27. The van der Waals surface area contributed by atoms with Crippen molar-refractivity contribution >= 4 is 35.0 Å². The lowest BCUT2D eigenvalue weighted by Gasteiger charge is -2.09. The molecule has 0 radical (unpaired) electrons. The van der Waals surface area contributed by atoms with Crippen molar-refractivity contribution in [3.05, 3.63) is 88.5 Å². The molecule has 1 amide bonds. The van der Waals surface area contributed by atoms with E-state index in [1.54, 1.807) is 18.0 Å². The van der Waals surface area contributed by atoms with Crippen molar-refractivity contribution < 1.29 is 4.79 Å². The summed E-state index contributed by atoms with van der Waals surface area (Å²) in [4.78, 5) is 18.3. The summed E-state index contributed by atoms with van der Waals surface area (Å²) >= 11 is 7.85. The number of aromatic nitrogens is 4. The molecule has 0 saturated heterocycles. The molecule has 6 nitrogen and oxygen atoms in total. The maximum atomic E-state index is 13.0. The minimum atomic E-state index is -0.176. The molecule has 31 heavy (non-hydrogen) atoms. The Kier molecular flexibility index (Phi) is 6.15. The van der Waals surface area contributed by atoms with E-state index in [2.05, 4.69) is 15.4 Å². The number of hydrogen-bond donors (Lipinski definition) is 1. The fourth-order valence-electron chi connectivity index (χ4n) is 3.32. The van der Waals surface area contributed by atoms with Gasteiger partial charge in [-0.25, -0.2) is 4.98 Å². The molecule has 0 aliphatic carbocycles. The fraction of sp³-hybridized carbons (Fsp3) is 0.174. The van der Waals surface area contributed by atoms with E-state index in [0.717, 1.165) is 27.0 Å². The van der Waals surface area contributed by atoms with Crippen LogP contribution in [0.15, 0.2) is 71.0 Å². The zero-order valence-corrected chi connectivity index (χ0v) is 19.0. The Balaban J connectivity index is 1.48. The SMILES string of the molecule is Cc1nn(Cc2ccccc2Cl)c(C)c1C(=O)Nc1ccc(Sc2nccn2C)cc1. The van der Waals surface area contributed by atoms with Crippen molar-refractivity contribution in [2.45, 2.75) is 30.4 Å². The molecule has 0 aliphatic heterocycles. The molecule has 0 atom stereocenters. The number of carbonyl (C=O) groups excluding carboxylic acids is 1. The Morgan fingerprint density at radius 2 is 1.87 bits per heavy atom. The lowest BCUT2D eigenvalue weighted by molar-refractivity contribution is 0.102. The normalized spacial score (nSPS) is 11.0. The highest BCUT2D eigenvalue weighted by Gasteiger charge is 2.19. The van der Waals surface area contributed by atoms with E-state index in [9.17, 15) is 4.79 Å². The summed E-state index contributed by atoms with van der Waals surface area (Å²) in [6.45, 7) is 4.26. The summed E-state index contributed by atoms with van der Waals surface area (Å²) in [5.74, 6) is -0.176. The molecule has 4 rings (SSSR count). The Labute approximate surface area is 190 Å². The molecular formula is C23H22ClN5OS. The molecule has 0 fully saturated rings. The number of hydrogen-bond acceptors (Lipinski definition) is 4. The van der Waals surface area contributed by atoms with Crippen molar-refractivity contribution in [3.8, 4) is 0 Å². The highest BCUT2D eigenvalue weighted by molar-refractivity contribution is 7.99. The minimum absolute atomic E-state index is 0.176. The van der Waals surface area contributed by atoms with Gasteiger partial charge < -0.3 is 9.88 Å². The van der Waals surface area contributed by atoms with Crippen LogP contribution in [0, 0.1) is 13.8 Å². The number of imidazole rings is 1. The number of halogens is 1. The zero-order valence-electron chi connectivity index (χ0n) is 17.5. The van der Waals surface area contributed by atoms with Gasteiger partial charge >= 0.3 is 0 Å². The number of benzene rings is 2. The lowest BCUT2D eigenvalue weighted by atomic mass is 10.1. The predicted octanol–water partition coefficient (Wildman–Crippen LogP) is 5.34. The standard InChI is InChI=1S/C23H22ClN5OS/c1-15-21(16(2)29(27-15)14-17-6-4-5-7-20(17)24)22(30)26-18-8-10-19(11-9-18)31-23-25-12-13-28(23)3/h4-13H,14H2,1-3H3,(H,26,30). The summed E-state index contributed by atoms with van der Waals surface area (Å²) in [5, 5.41) is 9.13. The summed E-state index contributed by atoms with van der Waals surface area (Å²) < 4.78 is 3.78. The van der Waals surface area contributed by atoms with Gasteiger partial charge in [-0.05, 0) is 49.7 Å². The molecular weight excluding hydrogens is 430 g/mol. The first kappa shape index (κ1) is 21.2. The average molecular weight is 452 g/mol. The second-order valence-electron chi connectivity index (χ2n) is 7.20. The summed E-state index contributed by atoms with van der Waals surface area (Å²) in [6, 6.07) is 15.4. The van der Waals surface area contributed by atoms with Gasteiger partial charge in [-0.3, -0.25) is 9.48 Å². The molecule has 0 bridgehead atoms. The van der Waals surface area contributed by atoms with Gasteiger partial charge in [0.25, 0.3) is 5.91 Å². The average Bonchev–Trinajstić information content (AvgIpc) is 3.27. The third-order valence-corrected chi connectivity index (χ3v) is 6.44. The van der Waals surface area contributed by atoms with Crippen LogP contribution < -0.4 is 5.32 Å². The summed E-state index contributed by atoms with van der Waals surface area (Å²) in [5.41, 5.74) is 3.76. The first-order valence-electron chi connectivity index (χ1n) is 9.76. The maximum absolute atomic E-state index is 13.0. The van der Waals surface area contributed by atoms with E-state index in [-0.39, 0.29) is 5.91 Å². The first-order chi connectivity index (χ1) is 14.9. The van der Waals surface area contributed by atoms with Crippen molar-refractivity contribution in [1.82, 2.24) is 19.3 Å². The molecule has 8 heteroatoms. The van der Waals surface area contributed by atoms with Crippen molar-refractivity contribution in [1.29, 1.82) is 0 Å². The van der Waals surface area contributed by atoms with Gasteiger partial charge in [0.05, 0.1) is 17.8 Å². The second-order valence-corrected chi connectivity index (χ2v) is 8.64. The van der Waals surface area contributed by atoms with E-state index in [1.807, 2.05) is 84.9 Å². The molecule has 2 aromatic heterocycles. The van der Waals surface area contributed by atoms with Crippen LogP contribution >= 0.6 is 23.4 Å². The van der Waals surface area contributed by atoms with Gasteiger partial charge in [-0.2, -0.15) is 5.10 Å². The van der Waals surface area contributed by atoms with Gasteiger partial charge in [0.15, 0.2) is 5.16 Å². The van der Waals surface area contributed by atoms with Gasteiger partial charge in [-0.1, -0.05) is 41.6 Å². The monoisotopic (exact) mass is 451 g/mol. The molecule has 0 aliphatic rings. The van der Waals surface area contributed by atoms with Gasteiger partial charge in [0.2, 0.25) is 0 Å². The van der Waals surface area contributed by atoms with Gasteiger partial charge in [0, 0.05) is 40.7 Å². The largest absolute Gasteiger partial charge is 0.329 e. The molecule has 0 saturated carbocycles. The van der Waals surface area contributed by atoms with E-state index in [4.69, 9.17) is 11.6 Å². The summed E-state index contributed by atoms with van der Waals surface area (Å²) in [6.07, 6.45) is 3.68. The van der Waals surface area contributed by atoms with E-state index in [1.165, 1.54) is 0 Å². The fourth-order valence-corrected chi connectivity index (χ4v) is 4.32. The molecule has 0 unspecified atom stereocenters. The number of carbonyl (C=O) groups is 1. The topological polar surface area (TPSA) is 64.7 Å².